The molecule has 94 valence electrons. The zero-order valence-electron chi connectivity index (χ0n) is 11.0. The smallest absolute Gasteiger partial charge is 0.151 e. The van der Waals surface area contributed by atoms with Gasteiger partial charge in [0.15, 0.2) is 5.82 Å². The van der Waals surface area contributed by atoms with Crippen LogP contribution in [-0.4, -0.2) is 29.8 Å². The summed E-state index contributed by atoms with van der Waals surface area (Å²) in [4.78, 5) is 6.66. The van der Waals surface area contributed by atoms with Gasteiger partial charge >= 0.3 is 0 Å². The van der Waals surface area contributed by atoms with Crippen molar-refractivity contribution in [3.63, 3.8) is 0 Å². The predicted octanol–water partition coefficient (Wildman–Crippen LogP) is 1.98. The molecule has 17 heavy (non-hydrogen) atoms. The summed E-state index contributed by atoms with van der Waals surface area (Å²) in [6.45, 7) is 9.93. The number of rotatable bonds is 1. The van der Waals surface area contributed by atoms with Crippen molar-refractivity contribution in [2.45, 2.75) is 39.4 Å². The van der Waals surface area contributed by atoms with Crippen LogP contribution in [0.15, 0.2) is 12.3 Å². The van der Waals surface area contributed by atoms with Gasteiger partial charge in [-0.2, -0.15) is 0 Å². The Hall–Kier alpha value is -1.29. The maximum atomic E-state index is 6.04. The van der Waals surface area contributed by atoms with Crippen molar-refractivity contribution >= 4 is 11.5 Å². The van der Waals surface area contributed by atoms with Gasteiger partial charge in [0, 0.05) is 19.3 Å². The first-order valence-corrected chi connectivity index (χ1v) is 6.02. The molecule has 1 aromatic rings. The summed E-state index contributed by atoms with van der Waals surface area (Å²) in [7, 11) is 0. The molecule has 0 spiro atoms. The number of hydrogen-bond acceptors (Lipinski definition) is 4. The quantitative estimate of drug-likeness (QED) is 0.808. The molecule has 1 saturated heterocycles. The largest absolute Gasteiger partial charge is 0.396 e. The standard InChI is InChI=1S/C13H21N3O/c1-9-5-11(14)12(15-6-9)16-7-10(2)17-13(3,4)8-16/h5-6,10H,7-8,14H2,1-4H3. The normalized spacial score (nSPS) is 23.8. The summed E-state index contributed by atoms with van der Waals surface area (Å²) in [6, 6.07) is 1.97. The molecule has 1 fully saturated rings. The van der Waals surface area contributed by atoms with Gasteiger partial charge in [0.2, 0.25) is 0 Å². The Morgan fingerprint density at radius 3 is 2.82 bits per heavy atom. The van der Waals surface area contributed by atoms with Gasteiger partial charge in [0.05, 0.1) is 17.4 Å². The Kier molecular flexibility index (Phi) is 3.00. The average molecular weight is 235 g/mol. The molecule has 2 heterocycles. The number of morpholine rings is 1. The van der Waals surface area contributed by atoms with E-state index in [2.05, 4.69) is 30.7 Å². The summed E-state index contributed by atoms with van der Waals surface area (Å²) < 4.78 is 5.88. The van der Waals surface area contributed by atoms with E-state index < -0.39 is 0 Å². The van der Waals surface area contributed by atoms with Crippen LogP contribution in [0.3, 0.4) is 0 Å². The fraction of sp³-hybridized carbons (Fsp3) is 0.615. The first-order chi connectivity index (χ1) is 7.87. The number of aromatic nitrogens is 1. The molecule has 1 atom stereocenters. The van der Waals surface area contributed by atoms with Crippen LogP contribution in [0.2, 0.25) is 0 Å². The zero-order valence-corrected chi connectivity index (χ0v) is 11.0. The molecule has 0 aromatic carbocycles. The van der Waals surface area contributed by atoms with Gasteiger partial charge < -0.3 is 15.4 Å². The second-order valence-electron chi connectivity index (χ2n) is 5.49. The monoisotopic (exact) mass is 235 g/mol. The highest BCUT2D eigenvalue weighted by Gasteiger charge is 2.32. The van der Waals surface area contributed by atoms with Gasteiger partial charge in [-0.05, 0) is 39.3 Å². The molecule has 0 aliphatic carbocycles. The highest BCUT2D eigenvalue weighted by atomic mass is 16.5. The second kappa shape index (κ2) is 4.18. The van der Waals surface area contributed by atoms with E-state index in [1.165, 1.54) is 0 Å². The van der Waals surface area contributed by atoms with Crippen LogP contribution >= 0.6 is 0 Å². The number of ether oxygens (including phenoxy) is 1. The van der Waals surface area contributed by atoms with Gasteiger partial charge in [-0.3, -0.25) is 0 Å². The van der Waals surface area contributed by atoms with Crippen molar-refractivity contribution in [3.05, 3.63) is 17.8 Å². The number of pyridine rings is 1. The summed E-state index contributed by atoms with van der Waals surface area (Å²) >= 11 is 0. The molecule has 1 aliphatic heterocycles. The molecular formula is C13H21N3O. The fourth-order valence-corrected chi connectivity index (χ4v) is 2.46. The Bertz CT molecular complexity index is 417. The van der Waals surface area contributed by atoms with Crippen LogP contribution in [0, 0.1) is 6.92 Å². The van der Waals surface area contributed by atoms with Crippen LogP contribution < -0.4 is 10.6 Å². The van der Waals surface area contributed by atoms with Crippen molar-refractivity contribution in [1.29, 1.82) is 0 Å². The van der Waals surface area contributed by atoms with Gasteiger partial charge in [-0.15, -0.1) is 0 Å². The zero-order chi connectivity index (χ0) is 12.6. The van der Waals surface area contributed by atoms with Gasteiger partial charge in [0.1, 0.15) is 0 Å². The lowest BCUT2D eigenvalue weighted by Gasteiger charge is -2.42. The number of anilines is 2. The van der Waals surface area contributed by atoms with Gasteiger partial charge in [-0.25, -0.2) is 4.98 Å². The first kappa shape index (κ1) is 12.2. The van der Waals surface area contributed by atoms with Crippen molar-refractivity contribution < 1.29 is 4.74 Å². The van der Waals surface area contributed by atoms with Crippen molar-refractivity contribution in [3.8, 4) is 0 Å². The molecule has 2 rings (SSSR count). The van der Waals surface area contributed by atoms with E-state index in [4.69, 9.17) is 10.5 Å². The summed E-state index contributed by atoms with van der Waals surface area (Å²) in [5, 5.41) is 0. The lowest BCUT2D eigenvalue weighted by atomic mass is 10.1. The molecule has 4 nitrogen and oxygen atoms in total. The molecule has 0 amide bonds. The van der Waals surface area contributed by atoms with Gasteiger partial charge in [-0.1, -0.05) is 0 Å². The number of aryl methyl sites for hydroxylation is 1. The van der Waals surface area contributed by atoms with Crippen molar-refractivity contribution in [1.82, 2.24) is 4.98 Å². The molecule has 0 saturated carbocycles. The third kappa shape index (κ3) is 2.69. The molecule has 4 heteroatoms. The first-order valence-electron chi connectivity index (χ1n) is 6.02. The molecule has 1 aliphatic rings. The Morgan fingerprint density at radius 2 is 2.24 bits per heavy atom. The van der Waals surface area contributed by atoms with Crippen LogP contribution in [0.25, 0.3) is 0 Å². The summed E-state index contributed by atoms with van der Waals surface area (Å²) in [5.41, 5.74) is 7.72. The van der Waals surface area contributed by atoms with Crippen LogP contribution in [0.5, 0.6) is 0 Å². The molecular weight excluding hydrogens is 214 g/mol. The molecule has 2 N–H and O–H groups in total. The average Bonchev–Trinajstić information content (AvgIpc) is 2.13. The number of nitrogen functional groups attached to an aromatic ring is 1. The minimum atomic E-state index is -0.156. The van der Waals surface area contributed by atoms with E-state index in [0.29, 0.717) is 0 Å². The maximum Gasteiger partial charge on any atom is 0.151 e. The maximum absolute atomic E-state index is 6.04. The highest BCUT2D eigenvalue weighted by molar-refractivity contribution is 5.63. The number of hydrogen-bond donors (Lipinski definition) is 1. The molecule has 1 unspecified atom stereocenters. The summed E-state index contributed by atoms with van der Waals surface area (Å²) in [5.74, 6) is 0.874. The molecule has 1 aromatic heterocycles. The van der Waals surface area contributed by atoms with E-state index >= 15 is 0 Å². The lowest BCUT2D eigenvalue weighted by molar-refractivity contribution is -0.0751. The minimum absolute atomic E-state index is 0.156. The summed E-state index contributed by atoms with van der Waals surface area (Å²) in [6.07, 6.45) is 2.06. The Morgan fingerprint density at radius 1 is 1.53 bits per heavy atom. The number of nitrogens with two attached hydrogens (primary N) is 1. The third-order valence-electron chi connectivity index (χ3n) is 2.90. The topological polar surface area (TPSA) is 51.4 Å². The minimum Gasteiger partial charge on any atom is -0.396 e. The van der Waals surface area contributed by atoms with Crippen LogP contribution in [0.1, 0.15) is 26.3 Å². The van der Waals surface area contributed by atoms with Gasteiger partial charge in [0.25, 0.3) is 0 Å². The Balaban J connectivity index is 2.27. The highest BCUT2D eigenvalue weighted by Crippen LogP contribution is 2.28. The van der Waals surface area contributed by atoms with E-state index in [1.54, 1.807) is 0 Å². The third-order valence-corrected chi connectivity index (χ3v) is 2.90. The predicted molar refractivity (Wildman–Crippen MR) is 70.2 cm³/mol. The van der Waals surface area contributed by atoms with E-state index in [-0.39, 0.29) is 11.7 Å². The van der Waals surface area contributed by atoms with Crippen LogP contribution in [0.4, 0.5) is 11.5 Å². The van der Waals surface area contributed by atoms with Crippen LogP contribution in [-0.2, 0) is 4.74 Å². The SMILES string of the molecule is Cc1cnc(N2CC(C)OC(C)(C)C2)c(N)c1. The van der Waals surface area contributed by atoms with E-state index in [0.717, 1.165) is 30.2 Å². The van der Waals surface area contributed by atoms with Crippen molar-refractivity contribution in [2.75, 3.05) is 23.7 Å². The van der Waals surface area contributed by atoms with Crippen molar-refractivity contribution in [2.24, 2.45) is 0 Å². The fourth-order valence-electron chi connectivity index (χ4n) is 2.46. The Labute approximate surface area is 103 Å². The lowest BCUT2D eigenvalue weighted by Crippen LogP contribution is -2.52. The molecule has 0 bridgehead atoms. The number of nitrogens with zero attached hydrogens (tertiary/aromatic N) is 2. The second-order valence-corrected chi connectivity index (χ2v) is 5.49. The molecule has 0 radical (unpaired) electrons. The van der Waals surface area contributed by atoms with E-state index in [1.807, 2.05) is 19.2 Å². The van der Waals surface area contributed by atoms with E-state index in [9.17, 15) is 0 Å².